The average Bonchev–Trinajstić information content (AvgIpc) is 3.46. The number of nitrogens with one attached hydrogen (secondary N) is 1. The molecule has 1 atom stereocenters. The molecule has 1 amide bonds. The van der Waals surface area contributed by atoms with Crippen molar-refractivity contribution < 1.29 is 9.53 Å². The maximum atomic E-state index is 13.2. The van der Waals surface area contributed by atoms with Crippen LogP contribution in [0.15, 0.2) is 66.5 Å². The van der Waals surface area contributed by atoms with E-state index in [1.807, 2.05) is 87.6 Å². The number of aryl methyl sites for hydroxylation is 2. The van der Waals surface area contributed by atoms with Gasteiger partial charge in [0.1, 0.15) is 34.7 Å². The van der Waals surface area contributed by atoms with Crippen molar-refractivity contribution in [1.82, 2.24) is 34.8 Å². The highest BCUT2D eigenvalue weighted by molar-refractivity contribution is 6.08. The predicted octanol–water partition coefficient (Wildman–Crippen LogP) is 4.62. The minimum absolute atomic E-state index is 0.0118. The van der Waals surface area contributed by atoms with E-state index in [4.69, 9.17) is 9.72 Å². The molecule has 1 N–H and O–H groups in total. The van der Waals surface area contributed by atoms with E-state index in [0.717, 1.165) is 33.6 Å². The van der Waals surface area contributed by atoms with Gasteiger partial charge in [0.25, 0.3) is 5.91 Å². The number of pyridine rings is 1. The molecule has 1 aliphatic rings. The van der Waals surface area contributed by atoms with Crippen molar-refractivity contribution in [2.75, 3.05) is 37.4 Å². The molecule has 0 spiro atoms. The molecule has 0 radical (unpaired) electrons. The van der Waals surface area contributed by atoms with Crippen LogP contribution in [0.5, 0.6) is 11.5 Å². The number of benzene rings is 2. The van der Waals surface area contributed by atoms with Gasteiger partial charge in [0.15, 0.2) is 5.82 Å². The van der Waals surface area contributed by atoms with Gasteiger partial charge in [0.2, 0.25) is 0 Å². The van der Waals surface area contributed by atoms with E-state index < -0.39 is 0 Å². The average molecular weight is 550 g/mol. The largest absolute Gasteiger partial charge is 0.457 e. The van der Waals surface area contributed by atoms with Crippen molar-refractivity contribution in [3.63, 3.8) is 0 Å². The Morgan fingerprint density at radius 3 is 2.76 bits per heavy atom. The van der Waals surface area contributed by atoms with Crippen molar-refractivity contribution in [2.24, 2.45) is 13.0 Å². The van der Waals surface area contributed by atoms with Crippen molar-refractivity contribution in [3.8, 4) is 11.5 Å². The summed E-state index contributed by atoms with van der Waals surface area (Å²) < 4.78 is 7.87. The maximum absolute atomic E-state index is 13.2. The van der Waals surface area contributed by atoms with E-state index in [9.17, 15) is 4.79 Å². The Kier molecular flexibility index (Phi) is 6.80. The monoisotopic (exact) mass is 549 g/mol. The molecule has 1 aliphatic heterocycles. The molecule has 41 heavy (non-hydrogen) atoms. The number of likely N-dealkylation sites (N-methyl/N-ethyl adjacent to an activating group) is 1. The molecule has 3 aromatic heterocycles. The van der Waals surface area contributed by atoms with Crippen LogP contribution in [0.3, 0.4) is 0 Å². The topological polar surface area (TPSA) is 114 Å². The molecule has 208 valence electrons. The van der Waals surface area contributed by atoms with Gasteiger partial charge in [-0.1, -0.05) is 18.2 Å². The minimum Gasteiger partial charge on any atom is -0.457 e. The Labute approximate surface area is 237 Å². The molecule has 6 rings (SSSR count). The number of carbonyl (C=O) groups excluding carboxylic acids is 1. The normalized spacial score (nSPS) is 16.4. The van der Waals surface area contributed by atoms with Crippen LogP contribution in [0.25, 0.3) is 22.1 Å². The molecular formula is C30H31N9O2. The van der Waals surface area contributed by atoms with Crippen LogP contribution >= 0.6 is 0 Å². The zero-order valence-corrected chi connectivity index (χ0v) is 23.7. The number of ether oxygens (including phenoxy) is 1. The molecule has 0 bridgehead atoms. The summed E-state index contributed by atoms with van der Waals surface area (Å²) in [7, 11) is 5.83. The quantitative estimate of drug-likeness (QED) is 0.290. The summed E-state index contributed by atoms with van der Waals surface area (Å²) in [5.74, 6) is 2.66. The van der Waals surface area contributed by atoms with Crippen LogP contribution in [-0.4, -0.2) is 67.9 Å². The third-order valence-electron chi connectivity index (χ3n) is 7.15. The standard InChI is InChI=1S/C30H31N9O2/c1-18-14-20(6-10-26(18)41-21-7-9-25-24(15-21)35-36-38(25)5)33-29-28-23(31-17-32-29)8-11-27(34-28)39-16-19(2)22(30(39)40)12-13-37(3)4/h6-12,14-15,17,19H,13,16H2,1-5H3,(H,31,32,33)/b22-12+/t19-/m0/s1. The highest BCUT2D eigenvalue weighted by Crippen LogP contribution is 2.32. The number of carbonyl (C=O) groups is 1. The van der Waals surface area contributed by atoms with Gasteiger partial charge in [-0.2, -0.15) is 0 Å². The SMILES string of the molecule is Cc1cc(Nc2ncnc3ccc(N4C[C@H](C)/C(=C\CN(C)C)C4=O)nc23)ccc1Oc1ccc2c(c1)nnn2C. The van der Waals surface area contributed by atoms with Crippen LogP contribution in [-0.2, 0) is 11.8 Å². The van der Waals surface area contributed by atoms with E-state index in [0.29, 0.717) is 41.5 Å². The van der Waals surface area contributed by atoms with Gasteiger partial charge in [-0.3, -0.25) is 9.69 Å². The van der Waals surface area contributed by atoms with E-state index in [1.165, 1.54) is 6.33 Å². The molecule has 5 aromatic rings. The second kappa shape index (κ2) is 10.6. The summed E-state index contributed by atoms with van der Waals surface area (Å²) in [6, 6.07) is 15.3. The number of amides is 1. The first-order chi connectivity index (χ1) is 19.8. The van der Waals surface area contributed by atoms with Crippen molar-refractivity contribution in [3.05, 3.63) is 72.1 Å². The van der Waals surface area contributed by atoms with Gasteiger partial charge < -0.3 is 15.0 Å². The summed E-state index contributed by atoms with van der Waals surface area (Å²) in [5.41, 5.74) is 5.57. The van der Waals surface area contributed by atoms with Crippen LogP contribution in [0.1, 0.15) is 12.5 Å². The number of hydrogen-bond acceptors (Lipinski definition) is 9. The van der Waals surface area contributed by atoms with Gasteiger partial charge in [-0.25, -0.2) is 19.6 Å². The van der Waals surface area contributed by atoms with E-state index >= 15 is 0 Å². The van der Waals surface area contributed by atoms with Gasteiger partial charge in [0, 0.05) is 43.4 Å². The zero-order valence-electron chi connectivity index (χ0n) is 23.7. The fraction of sp³-hybridized carbons (Fsp3) is 0.267. The van der Waals surface area contributed by atoms with E-state index in [1.54, 1.807) is 9.58 Å². The molecule has 2 aromatic carbocycles. The number of fused-ring (bicyclic) bond motifs is 2. The molecule has 4 heterocycles. The lowest BCUT2D eigenvalue weighted by Gasteiger charge is -2.16. The molecule has 0 aliphatic carbocycles. The first kappa shape index (κ1) is 26.3. The highest BCUT2D eigenvalue weighted by Gasteiger charge is 2.34. The second-order valence-electron chi connectivity index (χ2n) is 10.6. The Morgan fingerprint density at radius 1 is 1.10 bits per heavy atom. The molecule has 0 saturated carbocycles. The maximum Gasteiger partial charge on any atom is 0.255 e. The number of aromatic nitrogens is 6. The molecule has 11 nitrogen and oxygen atoms in total. The van der Waals surface area contributed by atoms with Crippen LogP contribution < -0.4 is 15.0 Å². The first-order valence-corrected chi connectivity index (χ1v) is 13.4. The zero-order chi connectivity index (χ0) is 28.7. The Balaban J connectivity index is 1.24. The summed E-state index contributed by atoms with van der Waals surface area (Å²) in [6.07, 6.45) is 3.51. The van der Waals surface area contributed by atoms with E-state index in [2.05, 4.69) is 32.5 Å². The molecule has 11 heteroatoms. The van der Waals surface area contributed by atoms with Crippen LogP contribution in [0.2, 0.25) is 0 Å². The Hall–Kier alpha value is -4.90. The summed E-state index contributed by atoms with van der Waals surface area (Å²) in [5, 5.41) is 11.6. The Bertz CT molecular complexity index is 1810. The van der Waals surface area contributed by atoms with Crippen LogP contribution in [0.4, 0.5) is 17.3 Å². The van der Waals surface area contributed by atoms with Gasteiger partial charge in [0.05, 0.1) is 11.0 Å². The fourth-order valence-corrected chi connectivity index (χ4v) is 4.95. The number of anilines is 3. The van der Waals surface area contributed by atoms with Gasteiger partial charge in [-0.05, 0) is 69.0 Å². The fourth-order valence-electron chi connectivity index (χ4n) is 4.95. The molecule has 1 fully saturated rings. The Morgan fingerprint density at radius 2 is 1.95 bits per heavy atom. The lowest BCUT2D eigenvalue weighted by atomic mass is 10.0. The smallest absolute Gasteiger partial charge is 0.255 e. The predicted molar refractivity (Wildman–Crippen MR) is 159 cm³/mol. The summed E-state index contributed by atoms with van der Waals surface area (Å²) in [6.45, 7) is 5.35. The number of hydrogen-bond donors (Lipinski definition) is 1. The second-order valence-corrected chi connectivity index (χ2v) is 10.6. The lowest BCUT2D eigenvalue weighted by molar-refractivity contribution is -0.114. The number of nitrogens with zero attached hydrogens (tertiary/aromatic N) is 8. The van der Waals surface area contributed by atoms with E-state index in [-0.39, 0.29) is 11.8 Å². The molecule has 0 unspecified atom stereocenters. The van der Waals surface area contributed by atoms with Crippen molar-refractivity contribution in [1.29, 1.82) is 0 Å². The molecular weight excluding hydrogens is 518 g/mol. The highest BCUT2D eigenvalue weighted by atomic mass is 16.5. The summed E-state index contributed by atoms with van der Waals surface area (Å²) in [4.78, 5) is 30.7. The van der Waals surface area contributed by atoms with Crippen molar-refractivity contribution in [2.45, 2.75) is 13.8 Å². The third kappa shape index (κ3) is 5.19. The minimum atomic E-state index is -0.0118. The molecule has 1 saturated heterocycles. The van der Waals surface area contributed by atoms with Crippen LogP contribution in [0, 0.1) is 12.8 Å². The van der Waals surface area contributed by atoms with Crippen molar-refractivity contribution >= 4 is 45.3 Å². The first-order valence-electron chi connectivity index (χ1n) is 13.4. The third-order valence-corrected chi connectivity index (χ3v) is 7.15. The van der Waals surface area contributed by atoms with Gasteiger partial charge in [-0.15, -0.1) is 5.10 Å². The van der Waals surface area contributed by atoms with Gasteiger partial charge >= 0.3 is 0 Å². The summed E-state index contributed by atoms with van der Waals surface area (Å²) >= 11 is 0. The lowest BCUT2D eigenvalue weighted by Crippen LogP contribution is -2.26. The number of rotatable bonds is 7.